The van der Waals surface area contributed by atoms with E-state index in [2.05, 4.69) is 5.15 Å². The van der Waals surface area contributed by atoms with Crippen LogP contribution in [0.1, 0.15) is 19.3 Å². The molecule has 1 rings (SSSR count). The summed E-state index contributed by atoms with van der Waals surface area (Å²) < 4.78 is 0. The fourth-order valence-electron chi connectivity index (χ4n) is 0.717. The van der Waals surface area contributed by atoms with Crippen molar-refractivity contribution in [3.8, 4) is 0 Å². The molecule has 0 bridgehead atoms. The van der Waals surface area contributed by atoms with Crippen molar-refractivity contribution in [1.29, 1.82) is 0 Å². The normalized spacial score (nSPS) is 24.0. The van der Waals surface area contributed by atoms with Crippen molar-refractivity contribution < 1.29 is 4.84 Å². The minimum atomic E-state index is 0.818. The summed E-state index contributed by atoms with van der Waals surface area (Å²) in [6.07, 6.45) is 3.93. The Kier molecular flexibility index (Phi) is 3.18. The molecular formula is C5H11NOSi. The molecule has 0 aliphatic carbocycles. The molecule has 1 aliphatic rings. The molecule has 1 aliphatic heterocycles. The smallest absolute Gasteiger partial charge is 0.174 e. The second kappa shape index (κ2) is 4.06. The van der Waals surface area contributed by atoms with Crippen molar-refractivity contribution in [1.82, 2.24) is 5.15 Å². The Morgan fingerprint density at radius 3 is 3.25 bits per heavy atom. The summed E-state index contributed by atoms with van der Waals surface area (Å²) in [5.74, 6) is 0. The molecule has 0 aromatic carbocycles. The van der Waals surface area contributed by atoms with E-state index in [1.807, 2.05) is 0 Å². The lowest BCUT2D eigenvalue weighted by Gasteiger charge is -2.07. The van der Waals surface area contributed by atoms with Crippen LogP contribution in [0.15, 0.2) is 0 Å². The van der Waals surface area contributed by atoms with Gasteiger partial charge < -0.3 is 4.84 Å². The molecule has 1 fully saturated rings. The number of hydrogen-bond acceptors (Lipinski definition) is 2. The van der Waals surface area contributed by atoms with Crippen LogP contribution in [0.5, 0.6) is 0 Å². The van der Waals surface area contributed by atoms with Crippen molar-refractivity contribution in [2.24, 2.45) is 0 Å². The van der Waals surface area contributed by atoms with Gasteiger partial charge in [0.1, 0.15) is 0 Å². The highest BCUT2D eigenvalue weighted by Gasteiger charge is 1.96. The maximum atomic E-state index is 5.04. The minimum Gasteiger partial charge on any atom is -0.309 e. The van der Waals surface area contributed by atoms with Gasteiger partial charge in [0, 0.05) is 0 Å². The van der Waals surface area contributed by atoms with E-state index >= 15 is 0 Å². The van der Waals surface area contributed by atoms with Gasteiger partial charge in [-0.15, -0.1) is 0 Å². The molecule has 0 unspecified atom stereocenters. The standard InChI is InChI=1S/C5H11NOSi/c1-2-4-7-6-8-5-3-1/h6H,1-5H2. The monoisotopic (exact) mass is 129 g/mol. The van der Waals surface area contributed by atoms with Crippen LogP contribution in [0, 0.1) is 0 Å². The highest BCUT2D eigenvalue weighted by Crippen LogP contribution is 2.00. The van der Waals surface area contributed by atoms with Crippen molar-refractivity contribution in [3.63, 3.8) is 0 Å². The largest absolute Gasteiger partial charge is 0.309 e. The van der Waals surface area contributed by atoms with Gasteiger partial charge in [-0.05, 0) is 12.5 Å². The highest BCUT2D eigenvalue weighted by molar-refractivity contribution is 6.31. The molecule has 0 atom stereocenters. The number of nitrogens with one attached hydrogen (secondary N) is 1. The third-order valence-corrected chi connectivity index (χ3v) is 2.08. The Labute approximate surface area is 52.5 Å². The molecule has 1 N–H and O–H groups in total. The van der Waals surface area contributed by atoms with Gasteiger partial charge in [0.25, 0.3) is 0 Å². The lowest BCUT2D eigenvalue weighted by Crippen LogP contribution is -2.21. The van der Waals surface area contributed by atoms with E-state index < -0.39 is 0 Å². The second-order valence-electron chi connectivity index (χ2n) is 1.94. The van der Waals surface area contributed by atoms with E-state index in [0.29, 0.717) is 0 Å². The van der Waals surface area contributed by atoms with Crippen LogP contribution < -0.4 is 5.15 Å². The van der Waals surface area contributed by atoms with Crippen LogP contribution in [0.4, 0.5) is 0 Å². The Balaban J connectivity index is 2.00. The first-order valence-electron chi connectivity index (χ1n) is 3.10. The van der Waals surface area contributed by atoms with Crippen LogP contribution in [0.2, 0.25) is 6.04 Å². The summed E-state index contributed by atoms with van der Waals surface area (Å²) in [5.41, 5.74) is 0. The summed E-state index contributed by atoms with van der Waals surface area (Å²) in [4.78, 5) is 5.04. The zero-order valence-electron chi connectivity index (χ0n) is 4.94. The summed E-state index contributed by atoms with van der Waals surface area (Å²) in [5, 5.41) is 2.92. The maximum absolute atomic E-state index is 5.04. The Morgan fingerprint density at radius 1 is 1.25 bits per heavy atom. The first-order chi connectivity index (χ1) is 4.00. The molecule has 8 heavy (non-hydrogen) atoms. The van der Waals surface area contributed by atoms with Gasteiger partial charge in [-0.25, -0.2) is 5.15 Å². The van der Waals surface area contributed by atoms with E-state index in [1.165, 1.54) is 25.3 Å². The van der Waals surface area contributed by atoms with Gasteiger partial charge >= 0.3 is 0 Å². The van der Waals surface area contributed by atoms with Crippen LogP contribution in [0.3, 0.4) is 0 Å². The third-order valence-electron chi connectivity index (χ3n) is 1.19. The van der Waals surface area contributed by atoms with Gasteiger partial charge in [0.05, 0.1) is 6.61 Å². The number of rotatable bonds is 0. The Hall–Kier alpha value is 0.137. The van der Waals surface area contributed by atoms with Crippen LogP contribution >= 0.6 is 0 Å². The van der Waals surface area contributed by atoms with E-state index in [1.54, 1.807) is 0 Å². The van der Waals surface area contributed by atoms with Gasteiger partial charge in [-0.2, -0.15) is 0 Å². The van der Waals surface area contributed by atoms with E-state index in [4.69, 9.17) is 4.84 Å². The predicted octanol–water partition coefficient (Wildman–Crippen LogP) is 0.729. The summed E-state index contributed by atoms with van der Waals surface area (Å²) >= 11 is 0. The summed E-state index contributed by atoms with van der Waals surface area (Å²) in [7, 11) is 0.818. The molecule has 0 saturated carbocycles. The highest BCUT2D eigenvalue weighted by atomic mass is 28.2. The molecule has 46 valence electrons. The molecule has 0 amide bonds. The molecule has 0 aromatic heterocycles. The zero-order chi connectivity index (χ0) is 5.66. The first-order valence-corrected chi connectivity index (χ1v) is 4.30. The lowest BCUT2D eigenvalue weighted by atomic mass is 10.3. The SMILES string of the molecule is C1CCON[Si]CC1. The fourth-order valence-corrected chi connectivity index (χ4v) is 1.45. The molecule has 3 heteroatoms. The van der Waals surface area contributed by atoms with E-state index in [-0.39, 0.29) is 0 Å². The quantitative estimate of drug-likeness (QED) is 0.487. The average Bonchev–Trinajstić information content (AvgIpc) is 1.62. The lowest BCUT2D eigenvalue weighted by molar-refractivity contribution is 0.0858. The molecule has 0 spiro atoms. The fraction of sp³-hybridized carbons (Fsp3) is 1.00. The van der Waals surface area contributed by atoms with Gasteiger partial charge in [-0.1, -0.05) is 12.8 Å². The van der Waals surface area contributed by atoms with Crippen molar-refractivity contribution in [2.75, 3.05) is 6.61 Å². The average molecular weight is 129 g/mol. The van der Waals surface area contributed by atoms with E-state index in [9.17, 15) is 0 Å². The topological polar surface area (TPSA) is 21.3 Å². The van der Waals surface area contributed by atoms with E-state index in [0.717, 1.165) is 16.3 Å². The molecular weight excluding hydrogens is 118 g/mol. The number of hydrogen-bond donors (Lipinski definition) is 1. The predicted molar refractivity (Wildman–Crippen MR) is 33.5 cm³/mol. The third kappa shape index (κ3) is 2.45. The van der Waals surface area contributed by atoms with Crippen molar-refractivity contribution in [3.05, 3.63) is 0 Å². The van der Waals surface area contributed by atoms with Gasteiger partial charge in [0.15, 0.2) is 9.68 Å². The second-order valence-corrected chi connectivity index (χ2v) is 3.00. The van der Waals surface area contributed by atoms with Gasteiger partial charge in [0.2, 0.25) is 0 Å². The molecule has 1 heterocycles. The molecule has 1 saturated heterocycles. The van der Waals surface area contributed by atoms with Crippen LogP contribution in [-0.4, -0.2) is 16.3 Å². The molecule has 2 nitrogen and oxygen atoms in total. The van der Waals surface area contributed by atoms with Gasteiger partial charge in [-0.3, -0.25) is 0 Å². The van der Waals surface area contributed by atoms with Crippen molar-refractivity contribution >= 4 is 9.68 Å². The molecule has 0 aromatic rings. The minimum absolute atomic E-state index is 0.818. The van der Waals surface area contributed by atoms with Crippen molar-refractivity contribution in [2.45, 2.75) is 25.3 Å². The maximum Gasteiger partial charge on any atom is 0.174 e. The Morgan fingerprint density at radius 2 is 2.25 bits per heavy atom. The van der Waals surface area contributed by atoms with Crippen LogP contribution in [-0.2, 0) is 4.84 Å². The molecule has 2 radical (unpaired) electrons. The Bertz CT molecular complexity index is 36.4. The zero-order valence-corrected chi connectivity index (χ0v) is 5.94. The summed E-state index contributed by atoms with van der Waals surface area (Å²) in [6.45, 7) is 0.896. The van der Waals surface area contributed by atoms with Crippen LogP contribution in [0.25, 0.3) is 0 Å². The summed E-state index contributed by atoms with van der Waals surface area (Å²) in [6, 6.07) is 1.29. The first kappa shape index (κ1) is 6.26.